The Morgan fingerprint density at radius 1 is 1.71 bits per heavy atom. The van der Waals surface area contributed by atoms with E-state index in [-0.39, 0.29) is 5.97 Å². The predicted octanol–water partition coefficient (Wildman–Crippen LogP) is 2.91. The summed E-state index contributed by atoms with van der Waals surface area (Å²) in [6.07, 6.45) is 7.86. The van der Waals surface area contributed by atoms with E-state index in [1.165, 1.54) is 30.2 Å². The zero-order chi connectivity index (χ0) is 10.2. The van der Waals surface area contributed by atoms with Crippen molar-refractivity contribution in [1.29, 1.82) is 0 Å². The van der Waals surface area contributed by atoms with Crippen molar-refractivity contribution in [3.05, 3.63) is 23.1 Å². The van der Waals surface area contributed by atoms with Crippen molar-refractivity contribution in [3.63, 3.8) is 0 Å². The first-order chi connectivity index (χ1) is 6.83. The lowest BCUT2D eigenvalue weighted by Gasteiger charge is -2.06. The number of esters is 1. The van der Waals surface area contributed by atoms with Crippen LogP contribution in [0.1, 0.15) is 26.2 Å². The largest absolute Gasteiger partial charge is 0.465 e. The molecule has 0 spiro atoms. The summed E-state index contributed by atoms with van der Waals surface area (Å²) in [5.41, 5.74) is 1.32. The van der Waals surface area contributed by atoms with Crippen molar-refractivity contribution in [1.82, 2.24) is 0 Å². The Morgan fingerprint density at radius 2 is 2.57 bits per heavy atom. The molecule has 0 unspecified atom stereocenters. The van der Waals surface area contributed by atoms with Crippen molar-refractivity contribution < 1.29 is 9.53 Å². The molecule has 0 aromatic carbocycles. The van der Waals surface area contributed by atoms with Crippen molar-refractivity contribution in [2.45, 2.75) is 26.2 Å². The zero-order valence-corrected chi connectivity index (χ0v) is 9.31. The van der Waals surface area contributed by atoms with Crippen LogP contribution in [-0.2, 0) is 9.53 Å². The van der Waals surface area contributed by atoms with E-state index >= 15 is 0 Å². The molecule has 0 bridgehead atoms. The molecule has 0 saturated carbocycles. The maximum absolute atomic E-state index is 11.0. The highest BCUT2D eigenvalue weighted by molar-refractivity contribution is 8.02. The van der Waals surface area contributed by atoms with Crippen molar-refractivity contribution in [2.75, 3.05) is 12.4 Å². The fourth-order valence-corrected chi connectivity index (χ4v) is 1.97. The van der Waals surface area contributed by atoms with Gasteiger partial charge in [-0.25, -0.2) is 0 Å². The molecule has 1 rings (SSSR count). The average molecular weight is 212 g/mol. The van der Waals surface area contributed by atoms with Crippen LogP contribution in [0, 0.1) is 0 Å². The minimum absolute atomic E-state index is 0.130. The van der Waals surface area contributed by atoms with Gasteiger partial charge in [0, 0.05) is 0 Å². The molecule has 0 aromatic rings. The van der Waals surface area contributed by atoms with Crippen LogP contribution in [0.3, 0.4) is 0 Å². The smallest absolute Gasteiger partial charge is 0.316 e. The lowest BCUT2D eigenvalue weighted by Crippen LogP contribution is -2.05. The Labute approximate surface area is 89.4 Å². The molecule has 0 amide bonds. The van der Waals surface area contributed by atoms with Crippen LogP contribution >= 0.6 is 11.8 Å². The van der Waals surface area contributed by atoms with Gasteiger partial charge in [-0.3, -0.25) is 4.79 Å². The first kappa shape index (κ1) is 11.4. The first-order valence-corrected chi connectivity index (χ1v) is 6.00. The molecule has 0 N–H and O–H groups in total. The van der Waals surface area contributed by atoms with Crippen LogP contribution in [0.5, 0.6) is 0 Å². The maximum atomic E-state index is 11.0. The van der Waals surface area contributed by atoms with Gasteiger partial charge in [0.2, 0.25) is 0 Å². The highest BCUT2D eigenvalue weighted by Crippen LogP contribution is 2.19. The molecule has 0 atom stereocenters. The van der Waals surface area contributed by atoms with E-state index in [2.05, 4.69) is 17.6 Å². The van der Waals surface area contributed by atoms with Gasteiger partial charge in [-0.15, -0.1) is 11.8 Å². The second kappa shape index (κ2) is 6.71. The van der Waals surface area contributed by atoms with Gasteiger partial charge in [-0.2, -0.15) is 0 Å². The standard InChI is InChI=1S/C11H16O2S/c1-2-13-11(12)9-14-8-10-6-4-3-5-7-10/h4,6,8H,2-3,5,7,9H2,1H3. The van der Waals surface area contributed by atoms with Crippen molar-refractivity contribution >= 4 is 17.7 Å². The van der Waals surface area contributed by atoms with Gasteiger partial charge < -0.3 is 4.74 Å². The molecule has 3 heteroatoms. The van der Waals surface area contributed by atoms with E-state index < -0.39 is 0 Å². The minimum atomic E-state index is -0.130. The van der Waals surface area contributed by atoms with Crippen LogP contribution in [0.4, 0.5) is 0 Å². The molecule has 0 heterocycles. The van der Waals surface area contributed by atoms with Crippen molar-refractivity contribution in [2.24, 2.45) is 0 Å². The van der Waals surface area contributed by atoms with Gasteiger partial charge >= 0.3 is 5.97 Å². The second-order valence-electron chi connectivity index (χ2n) is 3.10. The molecule has 0 aliphatic heterocycles. The third-order valence-electron chi connectivity index (χ3n) is 1.91. The molecule has 0 radical (unpaired) electrons. The number of thioether (sulfide) groups is 1. The number of rotatable bonds is 4. The molecule has 2 nitrogen and oxygen atoms in total. The summed E-state index contributed by atoms with van der Waals surface area (Å²) in [6.45, 7) is 2.29. The van der Waals surface area contributed by atoms with Crippen LogP contribution in [0.25, 0.3) is 0 Å². The summed E-state index contributed by atoms with van der Waals surface area (Å²) in [5.74, 6) is 0.291. The highest BCUT2D eigenvalue weighted by Gasteiger charge is 2.01. The van der Waals surface area contributed by atoms with Gasteiger partial charge in [0.15, 0.2) is 0 Å². The van der Waals surface area contributed by atoms with Gasteiger partial charge in [0.05, 0.1) is 12.4 Å². The predicted molar refractivity (Wildman–Crippen MR) is 60.2 cm³/mol. The Bertz CT molecular complexity index is 244. The molecule has 0 aromatic heterocycles. The zero-order valence-electron chi connectivity index (χ0n) is 8.49. The van der Waals surface area contributed by atoms with Crippen LogP contribution in [0.2, 0.25) is 0 Å². The number of hydrogen-bond acceptors (Lipinski definition) is 3. The highest BCUT2D eigenvalue weighted by atomic mass is 32.2. The fraction of sp³-hybridized carbons (Fsp3) is 0.545. The first-order valence-electron chi connectivity index (χ1n) is 4.95. The second-order valence-corrected chi connectivity index (χ2v) is 3.96. The van der Waals surface area contributed by atoms with Gasteiger partial charge in [-0.05, 0) is 37.2 Å². The molecule has 1 aliphatic rings. The van der Waals surface area contributed by atoms with E-state index in [1.54, 1.807) is 0 Å². The summed E-state index contributed by atoms with van der Waals surface area (Å²) < 4.78 is 4.82. The number of carbonyl (C=O) groups excluding carboxylic acids is 1. The van der Waals surface area contributed by atoms with Gasteiger partial charge in [-0.1, -0.05) is 12.2 Å². The quantitative estimate of drug-likeness (QED) is 0.670. The molecular weight excluding hydrogens is 196 g/mol. The van der Waals surface area contributed by atoms with E-state index in [4.69, 9.17) is 4.74 Å². The normalized spacial score (nSPS) is 18.5. The fourth-order valence-electron chi connectivity index (χ4n) is 1.26. The Balaban J connectivity index is 2.21. The van der Waals surface area contributed by atoms with E-state index in [9.17, 15) is 4.79 Å². The van der Waals surface area contributed by atoms with E-state index in [0.717, 1.165) is 6.42 Å². The monoisotopic (exact) mass is 212 g/mol. The van der Waals surface area contributed by atoms with Crippen LogP contribution < -0.4 is 0 Å². The lowest BCUT2D eigenvalue weighted by molar-refractivity contribution is -0.139. The topological polar surface area (TPSA) is 26.3 Å². The number of hydrogen-bond donors (Lipinski definition) is 0. The summed E-state index contributed by atoms with van der Waals surface area (Å²) in [7, 11) is 0. The molecule has 1 aliphatic carbocycles. The number of carbonyl (C=O) groups is 1. The molecule has 14 heavy (non-hydrogen) atoms. The third-order valence-corrected chi connectivity index (χ3v) is 2.78. The molecular formula is C11H16O2S. The average Bonchev–Trinajstić information content (AvgIpc) is 2.20. The van der Waals surface area contributed by atoms with Crippen molar-refractivity contribution in [3.8, 4) is 0 Å². The van der Waals surface area contributed by atoms with E-state index in [0.29, 0.717) is 12.4 Å². The van der Waals surface area contributed by atoms with Gasteiger partial charge in [0.25, 0.3) is 0 Å². The summed E-state index contributed by atoms with van der Waals surface area (Å²) in [5, 5.41) is 2.06. The number of ether oxygens (including phenoxy) is 1. The van der Waals surface area contributed by atoms with E-state index in [1.807, 2.05) is 6.92 Å². The molecule has 0 fully saturated rings. The maximum Gasteiger partial charge on any atom is 0.316 e. The Kier molecular flexibility index (Phi) is 5.45. The molecule has 78 valence electrons. The lowest BCUT2D eigenvalue weighted by atomic mass is 10.0. The van der Waals surface area contributed by atoms with Crippen LogP contribution in [-0.4, -0.2) is 18.3 Å². The Morgan fingerprint density at radius 3 is 3.21 bits per heavy atom. The third kappa shape index (κ3) is 4.51. The Hall–Kier alpha value is -0.700. The molecule has 0 saturated heterocycles. The SMILES string of the molecule is CCOC(=O)CSC=C1C=CCCC1. The summed E-state index contributed by atoms with van der Waals surface area (Å²) >= 11 is 1.52. The number of allylic oxidation sites excluding steroid dienone is 3. The van der Waals surface area contributed by atoms with Crippen LogP contribution in [0.15, 0.2) is 23.1 Å². The van der Waals surface area contributed by atoms with Gasteiger partial charge in [0.1, 0.15) is 0 Å². The minimum Gasteiger partial charge on any atom is -0.465 e. The summed E-state index contributed by atoms with van der Waals surface area (Å²) in [4.78, 5) is 11.0. The summed E-state index contributed by atoms with van der Waals surface area (Å²) in [6, 6.07) is 0.